The molecule has 0 aromatic heterocycles. The van der Waals surface area contributed by atoms with Gasteiger partial charge >= 0.3 is 55.6 Å². The second-order valence-electron chi connectivity index (χ2n) is 5.64. The number of halogens is 2. The van der Waals surface area contributed by atoms with Gasteiger partial charge in [0, 0.05) is 19.0 Å². The van der Waals surface area contributed by atoms with Crippen molar-refractivity contribution in [3.63, 3.8) is 0 Å². The summed E-state index contributed by atoms with van der Waals surface area (Å²) in [7, 11) is 2.81. The third-order valence-electron chi connectivity index (χ3n) is 2.94. The third kappa shape index (κ3) is 20.6. The molecule has 1 unspecified atom stereocenters. The summed E-state index contributed by atoms with van der Waals surface area (Å²) >= 11 is 10.2. The van der Waals surface area contributed by atoms with Crippen molar-refractivity contribution in [3.05, 3.63) is 0 Å². The van der Waals surface area contributed by atoms with E-state index in [2.05, 4.69) is 12.6 Å². The molecule has 0 aromatic rings. The van der Waals surface area contributed by atoms with Gasteiger partial charge in [-0.1, -0.05) is 11.4 Å². The second-order valence-corrected chi connectivity index (χ2v) is 13.4. The Kier molecular flexibility index (Phi) is 30.2. The maximum absolute atomic E-state index is 11.8. The summed E-state index contributed by atoms with van der Waals surface area (Å²) in [5.74, 6) is -2.03. The van der Waals surface area contributed by atoms with Crippen LogP contribution in [0.3, 0.4) is 0 Å². The van der Waals surface area contributed by atoms with Crippen LogP contribution in [-0.4, -0.2) is 104 Å². The Morgan fingerprint density at radius 3 is 1.81 bits per heavy atom. The first-order valence-electron chi connectivity index (χ1n) is 8.20. The predicted octanol–water partition coefficient (Wildman–Crippen LogP) is -4.14. The first kappa shape index (κ1) is 42.6. The molecule has 9 nitrogen and oxygen atoms in total. The number of nitrogens with two attached hydrogens (primary N) is 1. The number of rotatable bonds is 11. The number of esters is 2. The van der Waals surface area contributed by atoms with Crippen LogP contribution in [-0.2, 0) is 44.7 Å². The Morgan fingerprint density at radius 2 is 1.55 bits per heavy atom. The summed E-state index contributed by atoms with van der Waals surface area (Å²) in [6.07, 6.45) is -0.123. The van der Waals surface area contributed by atoms with Gasteiger partial charge in [0.15, 0.2) is 0 Å². The number of carboxylic acids is 1. The number of aliphatic carboxylic acids is 1. The van der Waals surface area contributed by atoms with Crippen molar-refractivity contribution in [2.75, 3.05) is 27.4 Å². The van der Waals surface area contributed by atoms with Gasteiger partial charge in [0.2, 0.25) is 5.69 Å². The molecule has 0 saturated heterocycles. The molecule has 0 aliphatic rings. The second kappa shape index (κ2) is 22.0. The number of hydrogen-bond acceptors (Lipinski definition) is 11. The van der Waals surface area contributed by atoms with Crippen LogP contribution in [0.1, 0.15) is 34.1 Å². The fraction of sp³-hybridized carbons (Fsp3) is 0.800. The molecule has 3 N–H and O–H groups in total. The van der Waals surface area contributed by atoms with Gasteiger partial charge in [-0.2, -0.15) is 12.6 Å². The minimum atomic E-state index is -2.65. The van der Waals surface area contributed by atoms with E-state index in [0.29, 0.717) is 0 Å². The standard InChI is InChI=1S/C10H19O6PS2.C5H11NO2S.Ca.2ClH/c1-5-15-9(11)7-8(10(12)16-6-2)19-17(18,13-3)14-4;1-5(2,9)3(6)4(7)8;;;/h8H,5-7H2,1-4H3;3,9H,6H2,1-2H3,(H,7,8);;2*1H/q;;+2;;/p-2/t;3-;;;/m.0.../s1. The van der Waals surface area contributed by atoms with Crippen LogP contribution in [0.2, 0.25) is 0 Å². The van der Waals surface area contributed by atoms with E-state index in [4.69, 9.17) is 41.2 Å². The van der Waals surface area contributed by atoms with Crippen molar-refractivity contribution < 1.29 is 62.8 Å². The Morgan fingerprint density at radius 1 is 1.13 bits per heavy atom. The van der Waals surface area contributed by atoms with Crippen molar-refractivity contribution in [3.8, 4) is 0 Å². The molecular formula is C15H30CaCl2NO8PS3. The van der Waals surface area contributed by atoms with E-state index in [-0.39, 0.29) is 82.2 Å². The van der Waals surface area contributed by atoms with Crippen LogP contribution in [0.5, 0.6) is 0 Å². The molecule has 0 radical (unpaired) electrons. The number of hydrogen-bond donors (Lipinski definition) is 3. The van der Waals surface area contributed by atoms with Gasteiger partial charge in [-0.3, -0.25) is 14.4 Å². The van der Waals surface area contributed by atoms with Crippen LogP contribution < -0.4 is 30.5 Å². The SMILES string of the molecule is CC(C)(S)[C@@H](N)C(=O)O.CCOC(=O)CC(SP(=S)(OC)OC)C(=O)OCC.[Ca+2].[Cl-].[Cl-]. The molecule has 2 atom stereocenters. The monoisotopic (exact) mass is 589 g/mol. The zero-order valence-corrected chi connectivity index (χ0v) is 25.5. The maximum atomic E-state index is 11.8. The number of carbonyl (C=O) groups is 3. The summed E-state index contributed by atoms with van der Waals surface area (Å²) < 4.78 is 19.3. The predicted molar refractivity (Wildman–Crippen MR) is 122 cm³/mol. The van der Waals surface area contributed by atoms with Crippen molar-refractivity contribution in [1.29, 1.82) is 0 Å². The molecule has 0 amide bonds. The molecule has 0 saturated carbocycles. The van der Waals surface area contributed by atoms with E-state index in [1.807, 2.05) is 0 Å². The topological polar surface area (TPSA) is 134 Å². The van der Waals surface area contributed by atoms with Crippen molar-refractivity contribution in [2.24, 2.45) is 5.73 Å². The van der Waals surface area contributed by atoms with Crippen molar-refractivity contribution >= 4 is 97.2 Å². The van der Waals surface area contributed by atoms with E-state index in [0.717, 1.165) is 11.4 Å². The zero-order chi connectivity index (χ0) is 22.5. The van der Waals surface area contributed by atoms with Gasteiger partial charge < -0.3 is 54.2 Å². The molecule has 0 aromatic carbocycles. The van der Waals surface area contributed by atoms with Crippen LogP contribution in [0.4, 0.5) is 0 Å². The largest absolute Gasteiger partial charge is 2.00 e. The van der Waals surface area contributed by atoms with Crippen LogP contribution in [0, 0.1) is 0 Å². The Hall–Kier alpha value is 1.48. The number of carboxylic acid groups (broad SMARTS) is 1. The molecule has 182 valence electrons. The smallest absolute Gasteiger partial charge is 1.00 e. The van der Waals surface area contributed by atoms with Gasteiger partial charge in [0.25, 0.3) is 0 Å². The van der Waals surface area contributed by atoms with Crippen LogP contribution >= 0.6 is 29.7 Å². The summed E-state index contributed by atoms with van der Waals surface area (Å²) in [6.45, 7) is 7.18. The zero-order valence-electron chi connectivity index (χ0n) is 18.3. The summed E-state index contributed by atoms with van der Waals surface area (Å²) in [5.41, 5.74) is 2.57. The fourth-order valence-electron chi connectivity index (χ4n) is 1.39. The Balaban J connectivity index is -0.000000162. The van der Waals surface area contributed by atoms with Crippen molar-refractivity contribution in [2.45, 2.75) is 50.2 Å². The average molecular weight is 591 g/mol. The molecule has 0 aliphatic carbocycles. The van der Waals surface area contributed by atoms with Crippen LogP contribution in [0.25, 0.3) is 0 Å². The van der Waals surface area contributed by atoms with E-state index < -0.39 is 39.6 Å². The summed E-state index contributed by atoms with van der Waals surface area (Å²) in [6, 6.07) is -0.902. The van der Waals surface area contributed by atoms with E-state index >= 15 is 0 Å². The average Bonchev–Trinajstić information content (AvgIpc) is 2.60. The molecule has 0 fully saturated rings. The van der Waals surface area contributed by atoms with Gasteiger partial charge in [0.05, 0.1) is 19.6 Å². The first-order valence-corrected chi connectivity index (χ1v) is 12.8. The molecule has 0 spiro atoms. The summed E-state index contributed by atoms with van der Waals surface area (Å²) in [5, 5.41) is 7.56. The van der Waals surface area contributed by atoms with Crippen LogP contribution in [0.15, 0.2) is 0 Å². The molecule has 31 heavy (non-hydrogen) atoms. The van der Waals surface area contributed by atoms with Gasteiger partial charge in [-0.05, 0) is 39.5 Å². The number of thiol groups is 1. The number of carbonyl (C=O) groups excluding carboxylic acids is 2. The molecular weight excluding hydrogens is 560 g/mol. The van der Waals surface area contributed by atoms with E-state index in [1.165, 1.54) is 14.2 Å². The van der Waals surface area contributed by atoms with Gasteiger partial charge in [-0.25, -0.2) is 0 Å². The molecule has 0 aliphatic heterocycles. The molecule has 0 bridgehead atoms. The van der Waals surface area contributed by atoms with Gasteiger partial charge in [0.1, 0.15) is 11.3 Å². The molecule has 16 heteroatoms. The third-order valence-corrected chi connectivity index (χ3v) is 9.08. The van der Waals surface area contributed by atoms with E-state index in [1.54, 1.807) is 27.7 Å². The minimum absolute atomic E-state index is 0. The van der Waals surface area contributed by atoms with Gasteiger partial charge in [-0.15, -0.1) is 0 Å². The maximum Gasteiger partial charge on any atom is 2.00 e. The first-order chi connectivity index (χ1) is 12.8. The summed E-state index contributed by atoms with van der Waals surface area (Å²) in [4.78, 5) is 33.5. The molecule has 0 heterocycles. The Bertz CT molecular complexity index is 565. The normalized spacial score (nSPS) is 12.3. The molecule has 0 rings (SSSR count). The Labute approximate surface area is 241 Å². The fourth-order valence-corrected chi connectivity index (χ4v) is 5.37. The van der Waals surface area contributed by atoms with E-state index in [9.17, 15) is 14.4 Å². The van der Waals surface area contributed by atoms with Crippen molar-refractivity contribution in [1.82, 2.24) is 0 Å². The number of ether oxygens (including phenoxy) is 2. The minimum Gasteiger partial charge on any atom is -1.00 e. The quantitative estimate of drug-likeness (QED) is 0.0938.